The smallest absolute Gasteiger partial charge is 0.251 e. The molecular weight excluding hydrogens is 224 g/mol. The van der Waals surface area contributed by atoms with E-state index in [4.69, 9.17) is 5.73 Å². The molecule has 0 unspecified atom stereocenters. The fourth-order valence-electron chi connectivity index (χ4n) is 2.62. The topological polar surface area (TPSA) is 55.1 Å². The van der Waals surface area contributed by atoms with Crippen LogP contribution in [0, 0.1) is 6.92 Å². The Hall–Kier alpha value is -1.51. The van der Waals surface area contributed by atoms with Crippen LogP contribution in [0.5, 0.6) is 0 Å². The highest BCUT2D eigenvalue weighted by atomic mass is 16.1. The Bertz CT molecular complexity index is 448. The second-order valence-electron chi connectivity index (χ2n) is 5.65. The Morgan fingerprint density at radius 2 is 1.94 bits per heavy atom. The summed E-state index contributed by atoms with van der Waals surface area (Å²) in [5.41, 5.74) is 8.12. The van der Waals surface area contributed by atoms with Crippen LogP contribution < -0.4 is 11.1 Å². The Kier molecular flexibility index (Phi) is 3.60. The van der Waals surface area contributed by atoms with Gasteiger partial charge in [-0.1, -0.05) is 19.3 Å². The summed E-state index contributed by atoms with van der Waals surface area (Å²) >= 11 is 0. The van der Waals surface area contributed by atoms with Crippen molar-refractivity contribution in [1.29, 1.82) is 0 Å². The zero-order chi connectivity index (χ0) is 13.2. The van der Waals surface area contributed by atoms with Crippen molar-refractivity contribution in [3.05, 3.63) is 29.3 Å². The van der Waals surface area contributed by atoms with E-state index in [0.717, 1.165) is 24.1 Å². The number of carbonyl (C=O) groups excluding carboxylic acids is 1. The molecule has 1 saturated carbocycles. The molecule has 0 bridgehead atoms. The largest absolute Gasteiger partial charge is 0.399 e. The highest BCUT2D eigenvalue weighted by Crippen LogP contribution is 2.28. The predicted octanol–water partition coefficient (Wildman–Crippen LogP) is 3.03. The predicted molar refractivity (Wildman–Crippen MR) is 74.5 cm³/mol. The Labute approximate surface area is 109 Å². The third kappa shape index (κ3) is 2.84. The van der Waals surface area contributed by atoms with E-state index in [-0.39, 0.29) is 11.4 Å². The molecule has 0 radical (unpaired) electrons. The lowest BCUT2D eigenvalue weighted by Gasteiger charge is -2.34. The van der Waals surface area contributed by atoms with Crippen molar-refractivity contribution in [1.82, 2.24) is 5.32 Å². The minimum absolute atomic E-state index is 0.0162. The van der Waals surface area contributed by atoms with Gasteiger partial charge in [0.25, 0.3) is 5.91 Å². The molecule has 3 heteroatoms. The van der Waals surface area contributed by atoms with Crippen LogP contribution in [0.2, 0.25) is 0 Å². The molecule has 0 spiro atoms. The molecule has 2 rings (SSSR count). The van der Waals surface area contributed by atoms with Crippen LogP contribution in [0.3, 0.4) is 0 Å². The number of benzene rings is 1. The highest BCUT2D eigenvalue weighted by Gasteiger charge is 2.28. The van der Waals surface area contributed by atoms with Crippen LogP contribution >= 0.6 is 0 Å². The van der Waals surface area contributed by atoms with Crippen molar-refractivity contribution in [3.63, 3.8) is 0 Å². The SMILES string of the molecule is Cc1cc(C(=O)NC2(C)CCCCC2)ccc1N. The van der Waals surface area contributed by atoms with Gasteiger partial charge in [0.2, 0.25) is 0 Å². The summed E-state index contributed by atoms with van der Waals surface area (Å²) in [4.78, 5) is 12.2. The fourth-order valence-corrected chi connectivity index (χ4v) is 2.62. The number of aryl methyl sites for hydroxylation is 1. The van der Waals surface area contributed by atoms with Crippen molar-refractivity contribution < 1.29 is 4.79 Å². The molecule has 1 fully saturated rings. The average molecular weight is 246 g/mol. The van der Waals surface area contributed by atoms with Crippen LogP contribution in [-0.2, 0) is 0 Å². The summed E-state index contributed by atoms with van der Waals surface area (Å²) in [5, 5.41) is 3.18. The monoisotopic (exact) mass is 246 g/mol. The number of anilines is 1. The lowest BCUT2D eigenvalue weighted by Crippen LogP contribution is -2.47. The molecule has 3 N–H and O–H groups in total. The highest BCUT2D eigenvalue weighted by molar-refractivity contribution is 5.95. The summed E-state index contributed by atoms with van der Waals surface area (Å²) in [7, 11) is 0. The first kappa shape index (κ1) is 12.9. The summed E-state index contributed by atoms with van der Waals surface area (Å²) < 4.78 is 0. The minimum atomic E-state index is -0.0371. The van der Waals surface area contributed by atoms with E-state index in [0.29, 0.717) is 5.56 Å². The van der Waals surface area contributed by atoms with Crippen molar-refractivity contribution >= 4 is 11.6 Å². The third-order valence-corrected chi connectivity index (χ3v) is 3.90. The molecule has 98 valence electrons. The molecule has 1 aliphatic rings. The van der Waals surface area contributed by atoms with Crippen LogP contribution in [0.4, 0.5) is 5.69 Å². The molecule has 18 heavy (non-hydrogen) atoms. The Balaban J connectivity index is 2.09. The molecule has 0 aliphatic heterocycles. The first-order chi connectivity index (χ1) is 8.50. The fraction of sp³-hybridized carbons (Fsp3) is 0.533. The summed E-state index contributed by atoms with van der Waals surface area (Å²) in [6.45, 7) is 4.07. The van der Waals surface area contributed by atoms with E-state index in [1.165, 1.54) is 19.3 Å². The molecule has 0 aromatic heterocycles. The van der Waals surface area contributed by atoms with Gasteiger partial charge in [-0.2, -0.15) is 0 Å². The Morgan fingerprint density at radius 3 is 2.56 bits per heavy atom. The summed E-state index contributed by atoms with van der Waals surface area (Å²) in [6, 6.07) is 5.45. The van der Waals surface area contributed by atoms with E-state index < -0.39 is 0 Å². The van der Waals surface area contributed by atoms with Gasteiger partial charge in [0.15, 0.2) is 0 Å². The second-order valence-corrected chi connectivity index (χ2v) is 5.65. The van der Waals surface area contributed by atoms with Gasteiger partial charge in [0.1, 0.15) is 0 Å². The van der Waals surface area contributed by atoms with E-state index >= 15 is 0 Å². The number of amides is 1. The summed E-state index contributed by atoms with van der Waals surface area (Å²) in [5.74, 6) is 0.0162. The molecule has 1 aromatic rings. The number of hydrogen-bond donors (Lipinski definition) is 2. The maximum atomic E-state index is 12.2. The van der Waals surface area contributed by atoms with Gasteiger partial charge in [-0.3, -0.25) is 4.79 Å². The molecule has 1 amide bonds. The number of hydrogen-bond acceptors (Lipinski definition) is 2. The van der Waals surface area contributed by atoms with Gasteiger partial charge in [-0.05, 0) is 50.5 Å². The van der Waals surface area contributed by atoms with Gasteiger partial charge in [0, 0.05) is 16.8 Å². The van der Waals surface area contributed by atoms with E-state index in [9.17, 15) is 4.79 Å². The van der Waals surface area contributed by atoms with Gasteiger partial charge < -0.3 is 11.1 Å². The maximum Gasteiger partial charge on any atom is 0.251 e. The molecule has 1 aromatic carbocycles. The first-order valence-electron chi connectivity index (χ1n) is 6.69. The first-order valence-corrected chi connectivity index (χ1v) is 6.69. The number of rotatable bonds is 2. The van der Waals surface area contributed by atoms with Crippen molar-refractivity contribution in [2.45, 2.75) is 51.5 Å². The van der Waals surface area contributed by atoms with E-state index in [1.807, 2.05) is 13.0 Å². The van der Waals surface area contributed by atoms with Gasteiger partial charge in [-0.15, -0.1) is 0 Å². The number of nitrogens with one attached hydrogen (secondary N) is 1. The molecule has 0 atom stereocenters. The van der Waals surface area contributed by atoms with E-state index in [1.54, 1.807) is 12.1 Å². The van der Waals surface area contributed by atoms with E-state index in [2.05, 4.69) is 12.2 Å². The molecule has 0 heterocycles. The second kappa shape index (κ2) is 5.01. The summed E-state index contributed by atoms with van der Waals surface area (Å²) in [6.07, 6.45) is 5.85. The lowest BCUT2D eigenvalue weighted by atomic mass is 9.83. The number of nitrogens with two attached hydrogens (primary N) is 1. The molecule has 0 saturated heterocycles. The van der Waals surface area contributed by atoms with Crippen LogP contribution in [0.25, 0.3) is 0 Å². The van der Waals surface area contributed by atoms with Crippen molar-refractivity contribution in [2.24, 2.45) is 0 Å². The van der Waals surface area contributed by atoms with Crippen molar-refractivity contribution in [3.8, 4) is 0 Å². The van der Waals surface area contributed by atoms with Crippen molar-refractivity contribution in [2.75, 3.05) is 5.73 Å². The van der Waals surface area contributed by atoms with Gasteiger partial charge >= 0.3 is 0 Å². The molecule has 3 nitrogen and oxygen atoms in total. The lowest BCUT2D eigenvalue weighted by molar-refractivity contribution is 0.0882. The Morgan fingerprint density at radius 1 is 1.28 bits per heavy atom. The quantitative estimate of drug-likeness (QED) is 0.788. The third-order valence-electron chi connectivity index (χ3n) is 3.90. The van der Waals surface area contributed by atoms with Gasteiger partial charge in [0.05, 0.1) is 0 Å². The van der Waals surface area contributed by atoms with Crippen LogP contribution in [0.1, 0.15) is 54.9 Å². The van der Waals surface area contributed by atoms with Gasteiger partial charge in [-0.25, -0.2) is 0 Å². The van der Waals surface area contributed by atoms with Crippen LogP contribution in [0.15, 0.2) is 18.2 Å². The number of carbonyl (C=O) groups is 1. The zero-order valence-corrected chi connectivity index (χ0v) is 11.3. The zero-order valence-electron chi connectivity index (χ0n) is 11.3. The molecular formula is C15H22N2O. The average Bonchev–Trinajstić information content (AvgIpc) is 2.33. The minimum Gasteiger partial charge on any atom is -0.399 e. The standard InChI is InChI=1S/C15H22N2O/c1-11-10-12(6-7-13(11)16)14(18)17-15(2)8-4-3-5-9-15/h6-7,10H,3-5,8-9,16H2,1-2H3,(H,17,18). The maximum absolute atomic E-state index is 12.2. The van der Waals surface area contributed by atoms with Crippen LogP contribution in [-0.4, -0.2) is 11.4 Å². The number of nitrogen functional groups attached to an aromatic ring is 1. The normalized spacial score (nSPS) is 18.3. The molecule has 1 aliphatic carbocycles.